The minimum absolute atomic E-state index is 0. The number of ether oxygens (including phenoxy) is 2. The summed E-state index contributed by atoms with van der Waals surface area (Å²) in [4.78, 5) is 4.25. The van der Waals surface area contributed by atoms with E-state index in [1.807, 2.05) is 0 Å². The fraction of sp³-hybridized carbons (Fsp3) is 0.562. The third-order valence-electron chi connectivity index (χ3n) is 3.89. The highest BCUT2D eigenvalue weighted by Gasteiger charge is 2.23. The summed E-state index contributed by atoms with van der Waals surface area (Å²) in [7, 11) is 3.50. The summed E-state index contributed by atoms with van der Waals surface area (Å²) >= 11 is 0. The molecule has 0 aromatic heterocycles. The molecule has 2 N–H and O–H groups in total. The number of nitrogens with one attached hydrogen (secondary N) is 2. The molecule has 1 aliphatic heterocycles. The molecule has 1 fully saturated rings. The van der Waals surface area contributed by atoms with Crippen molar-refractivity contribution in [1.29, 1.82) is 0 Å². The van der Waals surface area contributed by atoms with E-state index in [1.165, 1.54) is 18.4 Å². The van der Waals surface area contributed by atoms with Crippen molar-refractivity contribution < 1.29 is 9.47 Å². The van der Waals surface area contributed by atoms with Gasteiger partial charge in [0, 0.05) is 37.2 Å². The van der Waals surface area contributed by atoms with Gasteiger partial charge in [-0.1, -0.05) is 0 Å². The summed E-state index contributed by atoms with van der Waals surface area (Å²) in [5.74, 6) is 2.72. The summed E-state index contributed by atoms with van der Waals surface area (Å²) in [6.45, 7) is 2.76. The van der Waals surface area contributed by atoms with E-state index in [4.69, 9.17) is 9.47 Å². The normalized spacial score (nSPS) is 19.8. The summed E-state index contributed by atoms with van der Waals surface area (Å²) in [6, 6.07) is 4.75. The standard InChI is InChI=1S/C16H23N3O2.HI/c1-10-6-11-7-14(20-3)12(8-15(11)21-10)9-18-16(17-2)19-13-4-5-13;/h7-8,10,13H,4-6,9H2,1-3H3,(H2,17,18,19);1H. The molecule has 2 aliphatic rings. The second-order valence-corrected chi connectivity index (χ2v) is 5.75. The zero-order valence-corrected chi connectivity index (χ0v) is 15.6. The van der Waals surface area contributed by atoms with Gasteiger partial charge >= 0.3 is 0 Å². The van der Waals surface area contributed by atoms with Crippen LogP contribution < -0.4 is 20.1 Å². The van der Waals surface area contributed by atoms with Crippen LogP contribution in [-0.2, 0) is 13.0 Å². The van der Waals surface area contributed by atoms with Gasteiger partial charge in [-0.05, 0) is 31.9 Å². The van der Waals surface area contributed by atoms with E-state index >= 15 is 0 Å². The number of halogens is 1. The van der Waals surface area contributed by atoms with Gasteiger partial charge in [0.2, 0.25) is 0 Å². The van der Waals surface area contributed by atoms with Gasteiger partial charge in [-0.3, -0.25) is 4.99 Å². The van der Waals surface area contributed by atoms with Crippen molar-refractivity contribution >= 4 is 29.9 Å². The topological polar surface area (TPSA) is 54.9 Å². The van der Waals surface area contributed by atoms with Gasteiger partial charge in [0.05, 0.1) is 7.11 Å². The van der Waals surface area contributed by atoms with E-state index in [-0.39, 0.29) is 30.1 Å². The summed E-state index contributed by atoms with van der Waals surface area (Å²) in [5, 5.41) is 6.71. The first-order valence-electron chi connectivity index (χ1n) is 7.53. The number of rotatable bonds is 4. The Morgan fingerprint density at radius 3 is 2.82 bits per heavy atom. The maximum atomic E-state index is 5.83. The molecule has 0 radical (unpaired) electrons. The van der Waals surface area contributed by atoms with Gasteiger partial charge in [0.25, 0.3) is 0 Å². The van der Waals surface area contributed by atoms with Crippen LogP contribution in [0.2, 0.25) is 0 Å². The second kappa shape index (κ2) is 7.39. The van der Waals surface area contributed by atoms with E-state index < -0.39 is 0 Å². The van der Waals surface area contributed by atoms with Crippen LogP contribution in [0.15, 0.2) is 17.1 Å². The first kappa shape index (κ1) is 17.2. The highest BCUT2D eigenvalue weighted by atomic mass is 127. The molecule has 1 unspecified atom stereocenters. The van der Waals surface area contributed by atoms with Crippen molar-refractivity contribution in [3.8, 4) is 11.5 Å². The van der Waals surface area contributed by atoms with E-state index in [0.29, 0.717) is 12.6 Å². The van der Waals surface area contributed by atoms with Crippen molar-refractivity contribution in [2.45, 2.75) is 44.9 Å². The van der Waals surface area contributed by atoms with E-state index in [2.05, 4.69) is 34.7 Å². The maximum absolute atomic E-state index is 5.83. The average Bonchev–Trinajstić information content (AvgIpc) is 3.22. The Kier molecular flexibility index (Phi) is 5.77. The fourth-order valence-corrected chi connectivity index (χ4v) is 2.60. The molecule has 1 saturated carbocycles. The Morgan fingerprint density at radius 1 is 1.41 bits per heavy atom. The average molecular weight is 417 g/mol. The molecular weight excluding hydrogens is 393 g/mol. The van der Waals surface area contributed by atoms with Crippen LogP contribution in [-0.4, -0.2) is 32.3 Å². The van der Waals surface area contributed by atoms with Gasteiger partial charge in [-0.15, -0.1) is 24.0 Å². The molecular formula is C16H24IN3O2. The van der Waals surface area contributed by atoms with Crippen molar-refractivity contribution in [2.75, 3.05) is 14.2 Å². The predicted molar refractivity (Wildman–Crippen MR) is 98.6 cm³/mol. The Morgan fingerprint density at radius 2 is 2.18 bits per heavy atom. The first-order valence-corrected chi connectivity index (χ1v) is 7.53. The molecule has 1 atom stereocenters. The number of aliphatic imine (C=N–C) groups is 1. The molecule has 0 amide bonds. The van der Waals surface area contributed by atoms with Crippen LogP contribution in [0.5, 0.6) is 11.5 Å². The quantitative estimate of drug-likeness (QED) is 0.449. The zero-order valence-electron chi connectivity index (χ0n) is 13.3. The minimum atomic E-state index is 0. The lowest BCUT2D eigenvalue weighted by Gasteiger charge is -2.14. The summed E-state index contributed by atoms with van der Waals surface area (Å²) < 4.78 is 11.3. The van der Waals surface area contributed by atoms with Crippen molar-refractivity contribution in [3.05, 3.63) is 23.3 Å². The monoisotopic (exact) mass is 417 g/mol. The number of nitrogens with zero attached hydrogens (tertiary/aromatic N) is 1. The lowest BCUT2D eigenvalue weighted by atomic mass is 10.1. The Balaban J connectivity index is 0.00000176. The lowest BCUT2D eigenvalue weighted by molar-refractivity contribution is 0.254. The first-order chi connectivity index (χ1) is 10.2. The van der Waals surface area contributed by atoms with Crippen LogP contribution in [0.3, 0.4) is 0 Å². The number of hydrogen-bond donors (Lipinski definition) is 2. The smallest absolute Gasteiger partial charge is 0.191 e. The third kappa shape index (κ3) is 3.97. The largest absolute Gasteiger partial charge is 0.496 e. The highest BCUT2D eigenvalue weighted by molar-refractivity contribution is 14.0. The number of benzene rings is 1. The molecule has 1 heterocycles. The molecule has 1 aromatic rings. The number of guanidine groups is 1. The Labute approximate surface area is 148 Å². The molecule has 22 heavy (non-hydrogen) atoms. The van der Waals surface area contributed by atoms with Gasteiger partial charge in [0.15, 0.2) is 5.96 Å². The van der Waals surface area contributed by atoms with Crippen LogP contribution in [0.4, 0.5) is 0 Å². The highest BCUT2D eigenvalue weighted by Crippen LogP contribution is 2.34. The van der Waals surface area contributed by atoms with Crippen molar-refractivity contribution in [2.24, 2.45) is 4.99 Å². The van der Waals surface area contributed by atoms with Gasteiger partial charge < -0.3 is 20.1 Å². The Hall–Kier alpha value is -1.18. The fourth-order valence-electron chi connectivity index (χ4n) is 2.60. The molecule has 0 saturated heterocycles. The number of methoxy groups -OCH3 is 1. The van der Waals surface area contributed by atoms with Gasteiger partial charge in [-0.25, -0.2) is 0 Å². The molecule has 6 heteroatoms. The molecule has 1 aromatic carbocycles. The predicted octanol–water partition coefficient (Wildman–Crippen LogP) is 2.46. The van der Waals surface area contributed by atoms with Crippen LogP contribution in [0, 0.1) is 0 Å². The summed E-state index contributed by atoms with van der Waals surface area (Å²) in [5.41, 5.74) is 2.31. The molecule has 0 spiro atoms. The minimum Gasteiger partial charge on any atom is -0.496 e. The SMILES string of the molecule is CN=C(NCc1cc2c(cc1OC)CC(C)O2)NC1CC1.I. The molecule has 3 rings (SSSR count). The van der Waals surface area contributed by atoms with Crippen LogP contribution >= 0.6 is 24.0 Å². The van der Waals surface area contributed by atoms with E-state index in [1.54, 1.807) is 14.2 Å². The van der Waals surface area contributed by atoms with E-state index in [0.717, 1.165) is 29.4 Å². The lowest BCUT2D eigenvalue weighted by Crippen LogP contribution is -2.38. The molecule has 122 valence electrons. The number of fused-ring (bicyclic) bond motifs is 1. The Bertz CT molecular complexity index is 559. The maximum Gasteiger partial charge on any atom is 0.191 e. The van der Waals surface area contributed by atoms with Crippen LogP contribution in [0.1, 0.15) is 30.9 Å². The van der Waals surface area contributed by atoms with E-state index in [9.17, 15) is 0 Å². The van der Waals surface area contributed by atoms with Crippen molar-refractivity contribution in [3.63, 3.8) is 0 Å². The van der Waals surface area contributed by atoms with Crippen LogP contribution in [0.25, 0.3) is 0 Å². The molecule has 0 bridgehead atoms. The second-order valence-electron chi connectivity index (χ2n) is 5.75. The van der Waals surface area contributed by atoms with Gasteiger partial charge in [0.1, 0.15) is 17.6 Å². The third-order valence-corrected chi connectivity index (χ3v) is 3.89. The molecule has 1 aliphatic carbocycles. The number of hydrogen-bond acceptors (Lipinski definition) is 3. The molecule has 5 nitrogen and oxygen atoms in total. The van der Waals surface area contributed by atoms with Crippen molar-refractivity contribution in [1.82, 2.24) is 10.6 Å². The zero-order chi connectivity index (χ0) is 14.8. The van der Waals surface area contributed by atoms with Gasteiger partial charge in [-0.2, -0.15) is 0 Å². The summed E-state index contributed by atoms with van der Waals surface area (Å²) in [6.07, 6.45) is 3.66.